The van der Waals surface area contributed by atoms with Crippen LogP contribution in [0.15, 0.2) is 48.5 Å². The first-order valence-electron chi connectivity index (χ1n) is 15.2. The Hall–Kier alpha value is -2.78. The minimum Gasteiger partial charge on any atom is -0.453 e. The highest BCUT2D eigenvalue weighted by Gasteiger charge is 2.51. The van der Waals surface area contributed by atoms with Gasteiger partial charge in [0.1, 0.15) is 0 Å². The Balaban J connectivity index is 1.35. The average molecular weight is 579 g/mol. The van der Waals surface area contributed by atoms with Crippen molar-refractivity contribution in [3.8, 4) is 0 Å². The smallest absolute Gasteiger partial charge is 0.303 e. The molecule has 3 fully saturated rings. The Labute approximate surface area is 249 Å². The van der Waals surface area contributed by atoms with Crippen LogP contribution >= 0.6 is 0 Å². The topological polar surface area (TPSA) is 97.3 Å². The number of esters is 1. The predicted octanol–water partition coefficient (Wildman–Crippen LogP) is 5.76. The van der Waals surface area contributed by atoms with Gasteiger partial charge in [-0.1, -0.05) is 64.1 Å². The van der Waals surface area contributed by atoms with Crippen molar-refractivity contribution in [2.45, 2.75) is 98.1 Å². The number of carbonyl (C=O) groups excluding carboxylic acids is 2. The lowest BCUT2D eigenvalue weighted by atomic mass is 9.65. The maximum absolute atomic E-state index is 12.4. The molecule has 2 aliphatic heterocycles. The van der Waals surface area contributed by atoms with Gasteiger partial charge in [-0.3, -0.25) is 14.5 Å². The summed E-state index contributed by atoms with van der Waals surface area (Å²) >= 11 is 0. The lowest BCUT2D eigenvalue weighted by Crippen LogP contribution is -2.46. The van der Waals surface area contributed by atoms with Crippen molar-refractivity contribution in [2.24, 2.45) is 16.7 Å². The molecule has 0 radical (unpaired) electrons. The molecule has 7 atom stereocenters. The number of rotatable bonds is 8. The quantitative estimate of drug-likeness (QED) is 0.385. The Morgan fingerprint density at radius 2 is 1.71 bits per heavy atom. The zero-order valence-corrected chi connectivity index (χ0v) is 25.8. The Morgan fingerprint density at radius 3 is 2.36 bits per heavy atom. The fourth-order valence-electron chi connectivity index (χ4n) is 7.62. The Morgan fingerprint density at radius 1 is 1.05 bits per heavy atom. The summed E-state index contributed by atoms with van der Waals surface area (Å²) in [6.07, 6.45) is 2.02. The van der Waals surface area contributed by atoms with Crippen LogP contribution in [0.25, 0.3) is 0 Å². The molecular formula is C34H46N2O6. The normalized spacial score (nSPS) is 31.4. The van der Waals surface area contributed by atoms with Gasteiger partial charge >= 0.3 is 5.97 Å². The number of aliphatic hydroxyl groups excluding tert-OH is 1. The fraction of sp³-hybridized carbons (Fsp3) is 0.588. The summed E-state index contributed by atoms with van der Waals surface area (Å²) in [6.45, 7) is 14.2. The van der Waals surface area contributed by atoms with E-state index in [4.69, 9.17) is 14.2 Å². The van der Waals surface area contributed by atoms with Crippen LogP contribution < -0.4 is 5.32 Å². The molecule has 2 unspecified atom stereocenters. The zero-order valence-electron chi connectivity index (χ0n) is 25.8. The largest absolute Gasteiger partial charge is 0.453 e. The second kappa shape index (κ2) is 12.1. The monoisotopic (exact) mass is 578 g/mol. The predicted molar refractivity (Wildman–Crippen MR) is 160 cm³/mol. The summed E-state index contributed by atoms with van der Waals surface area (Å²) in [4.78, 5) is 26.3. The van der Waals surface area contributed by atoms with Crippen LogP contribution in [0.5, 0.6) is 0 Å². The second-order valence-electron chi connectivity index (χ2n) is 13.8. The second-order valence-corrected chi connectivity index (χ2v) is 13.8. The van der Waals surface area contributed by atoms with E-state index in [2.05, 4.69) is 37.9 Å². The molecule has 2 heterocycles. The van der Waals surface area contributed by atoms with Crippen molar-refractivity contribution in [3.05, 3.63) is 65.2 Å². The van der Waals surface area contributed by atoms with E-state index in [-0.39, 0.29) is 24.7 Å². The molecule has 2 aromatic carbocycles. The molecule has 2 N–H and O–H groups in total. The van der Waals surface area contributed by atoms with Gasteiger partial charge in [-0.25, -0.2) is 0 Å². The molecular weight excluding hydrogens is 532 g/mol. The highest BCUT2D eigenvalue weighted by atomic mass is 16.7. The van der Waals surface area contributed by atoms with Gasteiger partial charge in [0.05, 0.1) is 18.8 Å². The van der Waals surface area contributed by atoms with Crippen LogP contribution in [0.2, 0.25) is 0 Å². The lowest BCUT2D eigenvalue weighted by Gasteiger charge is -2.43. The molecule has 5 rings (SSSR count). The van der Waals surface area contributed by atoms with Gasteiger partial charge in [0.25, 0.3) is 5.91 Å². The molecule has 1 saturated carbocycles. The molecule has 3 aliphatic rings. The van der Waals surface area contributed by atoms with Gasteiger partial charge in [-0.2, -0.15) is 0 Å². The third-order valence-electron chi connectivity index (χ3n) is 9.22. The number of hydrogen-bond donors (Lipinski definition) is 2. The third kappa shape index (κ3) is 6.88. The van der Waals surface area contributed by atoms with E-state index in [9.17, 15) is 14.7 Å². The van der Waals surface area contributed by atoms with Crippen molar-refractivity contribution in [2.75, 3.05) is 18.4 Å². The lowest BCUT2D eigenvalue weighted by molar-refractivity contribution is -0.276. The van der Waals surface area contributed by atoms with E-state index in [0.29, 0.717) is 22.6 Å². The van der Waals surface area contributed by atoms with Crippen LogP contribution in [0.4, 0.5) is 5.69 Å². The number of likely N-dealkylation sites (tertiary alicyclic amines) is 1. The number of nitrogens with one attached hydrogen (secondary N) is 1. The number of nitrogens with zero attached hydrogens (tertiary/aromatic N) is 1. The molecule has 8 nitrogen and oxygen atoms in total. The molecule has 0 aromatic heterocycles. The van der Waals surface area contributed by atoms with Crippen molar-refractivity contribution in [1.29, 1.82) is 0 Å². The molecule has 1 amide bonds. The SMILES string of the molecule is CC(=O)O[C@@H](C)C(=O)Nc1ccc([C@@H]2O[C@H](CN3CC4(C)CC3CC(C)(C)C4)[C@H](C)[C@H](c3ccc(CO)cc3)O2)cc1. The Bertz CT molecular complexity index is 1260. The van der Waals surface area contributed by atoms with E-state index in [1.807, 2.05) is 48.5 Å². The van der Waals surface area contributed by atoms with Crippen molar-refractivity contribution in [1.82, 2.24) is 4.90 Å². The van der Waals surface area contributed by atoms with E-state index in [1.54, 1.807) is 6.92 Å². The number of ether oxygens (including phenoxy) is 3. The molecule has 2 bridgehead atoms. The summed E-state index contributed by atoms with van der Waals surface area (Å²) in [5, 5.41) is 12.3. The van der Waals surface area contributed by atoms with Crippen LogP contribution in [0, 0.1) is 16.7 Å². The van der Waals surface area contributed by atoms with Gasteiger partial charge in [0.2, 0.25) is 0 Å². The minimum atomic E-state index is -0.884. The summed E-state index contributed by atoms with van der Waals surface area (Å²) < 4.78 is 18.3. The van der Waals surface area contributed by atoms with Gasteiger partial charge in [-0.05, 0) is 60.3 Å². The van der Waals surface area contributed by atoms with Crippen molar-refractivity contribution >= 4 is 17.6 Å². The van der Waals surface area contributed by atoms with E-state index < -0.39 is 24.3 Å². The maximum Gasteiger partial charge on any atom is 0.303 e. The van der Waals surface area contributed by atoms with Crippen LogP contribution in [-0.2, 0) is 30.4 Å². The number of benzene rings is 2. The van der Waals surface area contributed by atoms with Gasteiger partial charge in [0.15, 0.2) is 12.4 Å². The first-order chi connectivity index (χ1) is 19.8. The number of anilines is 1. The van der Waals surface area contributed by atoms with E-state index >= 15 is 0 Å². The Kier molecular flexibility index (Phi) is 8.82. The standard InChI is InChI=1S/C34H46N2O6/c1-21-29(17-36-20-34(6)16-28(36)15-33(4,5)19-34)41-32(42-30(21)25-9-7-24(18-37)8-10-25)26-11-13-27(14-12-26)35-31(39)22(2)40-23(3)38/h7-14,21-22,28-30,32,37H,15-20H2,1-6H3,(H,35,39)/t21-,22-,28?,29+,30+,32+,34?/m0/s1. The summed E-state index contributed by atoms with van der Waals surface area (Å²) in [5.41, 5.74) is 4.08. The summed E-state index contributed by atoms with van der Waals surface area (Å²) in [7, 11) is 0. The van der Waals surface area contributed by atoms with Crippen molar-refractivity contribution < 1.29 is 28.9 Å². The molecule has 228 valence electrons. The fourth-order valence-corrected chi connectivity index (χ4v) is 7.62. The van der Waals surface area contributed by atoms with Crippen molar-refractivity contribution in [3.63, 3.8) is 0 Å². The zero-order chi connectivity index (χ0) is 30.2. The molecule has 0 spiro atoms. The highest BCUT2D eigenvalue weighted by molar-refractivity contribution is 5.94. The third-order valence-corrected chi connectivity index (χ3v) is 9.22. The van der Waals surface area contributed by atoms with Crippen LogP contribution in [-0.4, -0.2) is 53.2 Å². The summed E-state index contributed by atoms with van der Waals surface area (Å²) in [6, 6.07) is 16.0. The van der Waals surface area contributed by atoms with Gasteiger partial charge in [0, 0.05) is 43.2 Å². The van der Waals surface area contributed by atoms with E-state index in [0.717, 1.165) is 29.8 Å². The molecule has 2 aromatic rings. The minimum absolute atomic E-state index is 0.00370. The number of hydrogen-bond acceptors (Lipinski definition) is 7. The number of carbonyl (C=O) groups is 2. The van der Waals surface area contributed by atoms with Crippen LogP contribution in [0.1, 0.15) is 89.9 Å². The molecule has 1 aliphatic carbocycles. The number of amides is 1. The number of fused-ring (bicyclic) bond motifs is 2. The highest BCUT2D eigenvalue weighted by Crippen LogP contribution is 2.53. The first-order valence-corrected chi connectivity index (χ1v) is 15.2. The molecule has 2 saturated heterocycles. The molecule has 42 heavy (non-hydrogen) atoms. The van der Waals surface area contributed by atoms with Gasteiger partial charge in [-0.15, -0.1) is 0 Å². The van der Waals surface area contributed by atoms with Gasteiger partial charge < -0.3 is 24.6 Å². The first kappa shape index (κ1) is 30.7. The average Bonchev–Trinajstić information content (AvgIpc) is 3.17. The van der Waals surface area contributed by atoms with Crippen LogP contribution in [0.3, 0.4) is 0 Å². The maximum atomic E-state index is 12.4. The summed E-state index contributed by atoms with van der Waals surface area (Å²) in [5.74, 6) is -0.779. The number of aliphatic hydroxyl groups is 1. The van der Waals surface area contributed by atoms with E-state index in [1.165, 1.54) is 26.2 Å². The molecule has 8 heteroatoms.